The standard InChI is InChI=1S/C42H53NO15/c1-10-11-17-53-38(51)43-30(21(2)3)31(47)37(50)56-26-19-42(52)35(57-36(49)25-15-13-12-14-16-25)33-40(9,27(46)18-28-41(33,20-54-28)58-24(6)45)34(48)32(55-23(5)44)29(22(26)4)39(42,7)8/h1,12-16,21,26-28,30-33,35,46-47,52H,11,17-20H2,2-9H3,(H,43,51)/t26?,27-,28+,30-,31+,32+,33-,35-,40+,41-,42+/m0/s1. The summed E-state index contributed by atoms with van der Waals surface area (Å²) in [5, 5.41) is 39.3. The second-order valence-electron chi connectivity index (χ2n) is 16.6. The quantitative estimate of drug-likeness (QED) is 0.0827. The number of hydrogen-bond donors (Lipinski definition) is 4. The van der Waals surface area contributed by atoms with Crippen molar-refractivity contribution >= 4 is 35.8 Å². The topological polar surface area (TPSA) is 231 Å². The Morgan fingerprint density at radius 1 is 1.03 bits per heavy atom. The maximum absolute atomic E-state index is 15.4. The number of Topliss-reactive ketones (excluding diaryl/α,β-unsaturated/α-hetero) is 1. The van der Waals surface area contributed by atoms with Crippen LogP contribution in [0.5, 0.6) is 0 Å². The molecule has 58 heavy (non-hydrogen) atoms. The average Bonchev–Trinajstić information content (AvgIpc) is 3.14. The Bertz CT molecular complexity index is 1890. The molecule has 1 aromatic rings. The highest BCUT2D eigenvalue weighted by Crippen LogP contribution is 2.64. The first-order valence-electron chi connectivity index (χ1n) is 19.2. The zero-order chi connectivity index (χ0) is 43.1. The molecule has 4 N–H and O–H groups in total. The fourth-order valence-electron chi connectivity index (χ4n) is 9.36. The number of aliphatic hydroxyl groups is 3. The highest BCUT2D eigenvalue weighted by Gasteiger charge is 2.78. The SMILES string of the molecule is C#CCCOC(=O)N[C@@H](C(C)C)[C@@H](O)C(=O)OC1C[C@@]2(O)[C@@H](OC(=O)c3ccccc3)[C@@H]3[C@]4(OC(C)=O)CO[C@@H]4C[C@H](O)[C@@]3(C)C(=O)[C@H](OC(C)=O)C(=C1C)C2(C)C. The summed E-state index contributed by atoms with van der Waals surface area (Å²) in [7, 11) is 0. The van der Waals surface area contributed by atoms with Crippen LogP contribution < -0.4 is 5.32 Å². The predicted octanol–water partition coefficient (Wildman–Crippen LogP) is 2.34. The van der Waals surface area contributed by atoms with Gasteiger partial charge in [-0.15, -0.1) is 12.3 Å². The number of rotatable bonds is 11. The number of terminal acetylenes is 1. The molecule has 1 unspecified atom stereocenters. The molecule has 1 aliphatic heterocycles. The molecule has 1 heterocycles. The largest absolute Gasteiger partial charge is 0.456 e. The van der Waals surface area contributed by atoms with E-state index in [2.05, 4.69) is 11.2 Å². The summed E-state index contributed by atoms with van der Waals surface area (Å²) in [6.07, 6.45) is -6.02. The van der Waals surface area contributed by atoms with Gasteiger partial charge in [0.1, 0.15) is 30.5 Å². The van der Waals surface area contributed by atoms with Crippen molar-refractivity contribution < 1.29 is 72.5 Å². The van der Waals surface area contributed by atoms with Crippen LogP contribution in [0.3, 0.4) is 0 Å². The Kier molecular flexibility index (Phi) is 12.6. The molecule has 0 radical (unpaired) electrons. The number of nitrogens with one attached hydrogen (secondary N) is 1. The molecule has 5 rings (SSSR count). The van der Waals surface area contributed by atoms with E-state index in [9.17, 15) is 39.3 Å². The van der Waals surface area contributed by atoms with Crippen molar-refractivity contribution in [3.63, 3.8) is 0 Å². The van der Waals surface area contributed by atoms with E-state index in [4.69, 9.17) is 34.8 Å². The molecule has 11 atom stereocenters. The number of carbonyl (C=O) groups excluding carboxylic acids is 6. The minimum Gasteiger partial charge on any atom is -0.456 e. The number of fused-ring (bicyclic) bond motifs is 5. The van der Waals surface area contributed by atoms with Crippen molar-refractivity contribution in [3.05, 3.63) is 47.0 Å². The van der Waals surface area contributed by atoms with Gasteiger partial charge in [0, 0.05) is 38.5 Å². The minimum atomic E-state index is -2.38. The van der Waals surface area contributed by atoms with Crippen LogP contribution >= 0.6 is 0 Å². The van der Waals surface area contributed by atoms with E-state index < -0.39 is 119 Å². The summed E-state index contributed by atoms with van der Waals surface area (Å²) >= 11 is 0. The van der Waals surface area contributed by atoms with Crippen LogP contribution in [0, 0.1) is 35.0 Å². The van der Waals surface area contributed by atoms with Crippen LogP contribution in [0.1, 0.15) is 85.0 Å². The maximum Gasteiger partial charge on any atom is 0.407 e. The van der Waals surface area contributed by atoms with Gasteiger partial charge in [0.05, 0.1) is 35.6 Å². The monoisotopic (exact) mass is 811 g/mol. The van der Waals surface area contributed by atoms with Crippen molar-refractivity contribution in [1.29, 1.82) is 0 Å². The molecule has 2 saturated carbocycles. The normalized spacial score (nSPS) is 33.3. The molecule has 16 heteroatoms. The van der Waals surface area contributed by atoms with Crippen molar-refractivity contribution in [2.45, 2.75) is 129 Å². The highest BCUT2D eigenvalue weighted by molar-refractivity contribution is 5.95. The van der Waals surface area contributed by atoms with E-state index in [1.54, 1.807) is 45.9 Å². The van der Waals surface area contributed by atoms with Crippen LogP contribution in [0.2, 0.25) is 0 Å². The van der Waals surface area contributed by atoms with Gasteiger partial charge in [-0.2, -0.15) is 0 Å². The van der Waals surface area contributed by atoms with Gasteiger partial charge in [0.25, 0.3) is 0 Å². The number of ether oxygens (including phenoxy) is 6. The number of alkyl carbamates (subject to hydrolysis) is 1. The van der Waals surface area contributed by atoms with Crippen LogP contribution in [0.25, 0.3) is 0 Å². The number of carbonyl (C=O) groups is 6. The molecule has 1 amide bonds. The lowest BCUT2D eigenvalue weighted by atomic mass is 9.44. The molecule has 0 spiro atoms. The third-order valence-electron chi connectivity index (χ3n) is 12.5. The Hall–Kier alpha value is -4.82. The van der Waals surface area contributed by atoms with E-state index >= 15 is 4.79 Å². The summed E-state index contributed by atoms with van der Waals surface area (Å²) in [5.74, 6) is -4.48. The van der Waals surface area contributed by atoms with Crippen molar-refractivity contribution in [2.75, 3.05) is 13.2 Å². The average molecular weight is 812 g/mol. The van der Waals surface area contributed by atoms with Gasteiger partial charge in [-0.05, 0) is 43.0 Å². The second kappa shape index (κ2) is 16.4. The smallest absolute Gasteiger partial charge is 0.407 e. The lowest BCUT2D eigenvalue weighted by Crippen LogP contribution is -2.82. The molecule has 2 bridgehead atoms. The van der Waals surface area contributed by atoms with Gasteiger partial charge in [-0.3, -0.25) is 14.4 Å². The summed E-state index contributed by atoms with van der Waals surface area (Å²) in [4.78, 5) is 81.7. The third-order valence-corrected chi connectivity index (χ3v) is 12.5. The summed E-state index contributed by atoms with van der Waals surface area (Å²) in [6, 6.07) is 6.57. The van der Waals surface area contributed by atoms with Gasteiger partial charge in [-0.1, -0.05) is 45.9 Å². The molecule has 3 aliphatic carbocycles. The second-order valence-corrected chi connectivity index (χ2v) is 16.6. The number of hydrogen-bond acceptors (Lipinski definition) is 15. The summed E-state index contributed by atoms with van der Waals surface area (Å²) < 4.78 is 35.0. The fraction of sp³-hybridized carbons (Fsp3) is 0.619. The third kappa shape index (κ3) is 7.49. The van der Waals surface area contributed by atoms with Crippen LogP contribution in [0.15, 0.2) is 41.5 Å². The van der Waals surface area contributed by atoms with E-state index in [-0.39, 0.29) is 42.8 Å². The van der Waals surface area contributed by atoms with E-state index in [0.717, 1.165) is 13.8 Å². The minimum absolute atomic E-state index is 0.00878. The van der Waals surface area contributed by atoms with Gasteiger partial charge in [0.2, 0.25) is 0 Å². The van der Waals surface area contributed by atoms with Crippen LogP contribution in [0.4, 0.5) is 4.79 Å². The van der Waals surface area contributed by atoms with Gasteiger partial charge in [-0.25, -0.2) is 14.4 Å². The lowest BCUT2D eigenvalue weighted by molar-refractivity contribution is -0.346. The number of ketones is 1. The Morgan fingerprint density at radius 3 is 2.24 bits per heavy atom. The fourth-order valence-corrected chi connectivity index (χ4v) is 9.36. The Balaban J connectivity index is 1.71. The lowest BCUT2D eigenvalue weighted by Gasteiger charge is -2.67. The number of aliphatic hydroxyl groups excluding tert-OH is 2. The zero-order valence-electron chi connectivity index (χ0n) is 33.9. The van der Waals surface area contributed by atoms with Crippen LogP contribution in [-0.4, -0.2) is 118 Å². The summed E-state index contributed by atoms with van der Waals surface area (Å²) in [5.41, 5.74) is -7.63. The van der Waals surface area contributed by atoms with E-state index in [1.165, 1.54) is 26.0 Å². The molecular weight excluding hydrogens is 758 g/mol. The Labute approximate surface area is 336 Å². The highest BCUT2D eigenvalue weighted by atomic mass is 16.6. The van der Waals surface area contributed by atoms with Gasteiger partial charge < -0.3 is 49.1 Å². The van der Waals surface area contributed by atoms with Crippen LogP contribution in [-0.2, 0) is 47.6 Å². The first-order chi connectivity index (χ1) is 27.1. The van der Waals surface area contributed by atoms with Gasteiger partial charge >= 0.3 is 30.0 Å². The zero-order valence-corrected chi connectivity index (χ0v) is 33.9. The summed E-state index contributed by atoms with van der Waals surface area (Å²) in [6.45, 7) is 11.0. The maximum atomic E-state index is 15.4. The van der Waals surface area contributed by atoms with Crippen molar-refractivity contribution in [3.8, 4) is 12.3 Å². The molecule has 1 saturated heterocycles. The molecule has 316 valence electrons. The number of amides is 1. The predicted molar refractivity (Wildman–Crippen MR) is 201 cm³/mol. The first-order valence-corrected chi connectivity index (χ1v) is 19.2. The van der Waals surface area contributed by atoms with Crippen molar-refractivity contribution in [2.24, 2.45) is 22.7 Å². The van der Waals surface area contributed by atoms with E-state index in [1.807, 2.05) is 0 Å². The molecule has 0 aromatic heterocycles. The molecule has 3 fully saturated rings. The molecular formula is C42H53NO15. The molecule has 1 aromatic carbocycles. The van der Waals surface area contributed by atoms with E-state index in [0.29, 0.717) is 0 Å². The Morgan fingerprint density at radius 2 is 1.69 bits per heavy atom. The first kappa shape index (κ1) is 44.3. The van der Waals surface area contributed by atoms with Gasteiger partial charge in [0.15, 0.2) is 23.6 Å². The molecule has 16 nitrogen and oxygen atoms in total. The van der Waals surface area contributed by atoms with Crippen molar-refractivity contribution in [1.82, 2.24) is 5.32 Å². The number of benzene rings is 1. The number of esters is 4. The molecule has 4 aliphatic rings.